The summed E-state index contributed by atoms with van der Waals surface area (Å²) in [5, 5.41) is 9.61. The summed E-state index contributed by atoms with van der Waals surface area (Å²) in [5.74, 6) is 0.0808. The standard InChI is InChI=1S/C25H23F3N4O/c26-25(27,28)23-13-21(20-3-1-2-4-22(20)31-23)18-9-7-17(8-10-18)15-30-32-24(33)19-11-5-16(14-29)6-12-19/h1-6,11-13,17-18,30H,7-10,15H2,(H,32,33). The van der Waals surface area contributed by atoms with Gasteiger partial charge in [0.05, 0.1) is 17.1 Å². The third kappa shape index (κ3) is 5.32. The molecule has 1 amide bonds. The number of fused-ring (bicyclic) bond motifs is 1. The van der Waals surface area contributed by atoms with Gasteiger partial charge in [0.15, 0.2) is 0 Å². The second-order valence-corrected chi connectivity index (χ2v) is 8.35. The first kappa shape index (κ1) is 22.7. The van der Waals surface area contributed by atoms with Crippen LogP contribution in [0, 0.1) is 17.2 Å². The Hall–Kier alpha value is -3.44. The highest BCUT2D eigenvalue weighted by molar-refractivity contribution is 5.93. The highest BCUT2D eigenvalue weighted by Crippen LogP contribution is 2.40. The van der Waals surface area contributed by atoms with Gasteiger partial charge in [-0.3, -0.25) is 10.2 Å². The van der Waals surface area contributed by atoms with Gasteiger partial charge in [0.2, 0.25) is 0 Å². The van der Waals surface area contributed by atoms with Gasteiger partial charge in [-0.1, -0.05) is 18.2 Å². The van der Waals surface area contributed by atoms with Crippen LogP contribution in [-0.4, -0.2) is 17.4 Å². The third-order valence-electron chi connectivity index (χ3n) is 6.19. The summed E-state index contributed by atoms with van der Waals surface area (Å²) >= 11 is 0. The molecule has 0 spiro atoms. The number of rotatable bonds is 5. The summed E-state index contributed by atoms with van der Waals surface area (Å²) in [4.78, 5) is 16.0. The van der Waals surface area contributed by atoms with Crippen molar-refractivity contribution in [2.45, 2.75) is 37.8 Å². The number of para-hydroxylation sites is 1. The molecule has 1 fully saturated rings. The number of carbonyl (C=O) groups is 1. The zero-order valence-electron chi connectivity index (χ0n) is 17.8. The second-order valence-electron chi connectivity index (χ2n) is 8.35. The molecule has 5 nitrogen and oxygen atoms in total. The first-order valence-electron chi connectivity index (χ1n) is 10.9. The van der Waals surface area contributed by atoms with Crippen molar-refractivity contribution >= 4 is 16.8 Å². The van der Waals surface area contributed by atoms with E-state index in [-0.39, 0.29) is 11.8 Å². The Morgan fingerprint density at radius 2 is 1.76 bits per heavy atom. The average molecular weight is 452 g/mol. The first-order chi connectivity index (χ1) is 15.8. The predicted molar refractivity (Wildman–Crippen MR) is 118 cm³/mol. The summed E-state index contributed by atoms with van der Waals surface area (Å²) in [5.41, 5.74) is 6.83. The van der Waals surface area contributed by atoms with Gasteiger partial charge < -0.3 is 0 Å². The smallest absolute Gasteiger partial charge is 0.287 e. The van der Waals surface area contributed by atoms with E-state index in [4.69, 9.17) is 5.26 Å². The third-order valence-corrected chi connectivity index (χ3v) is 6.19. The molecule has 0 aliphatic heterocycles. The number of hydrogen-bond acceptors (Lipinski definition) is 4. The predicted octanol–water partition coefficient (Wildman–Crippen LogP) is 5.33. The summed E-state index contributed by atoms with van der Waals surface area (Å²) in [6, 6.07) is 16.6. The maximum atomic E-state index is 13.4. The largest absolute Gasteiger partial charge is 0.433 e. The molecule has 4 rings (SSSR count). The number of nitrogens with zero attached hydrogens (tertiary/aromatic N) is 2. The molecule has 2 N–H and O–H groups in total. The number of hydrazine groups is 1. The number of carbonyl (C=O) groups excluding carboxylic acids is 1. The topological polar surface area (TPSA) is 77.8 Å². The number of nitrogens with one attached hydrogen (secondary N) is 2. The Morgan fingerprint density at radius 1 is 1.06 bits per heavy atom. The minimum absolute atomic E-state index is 0.0449. The molecule has 33 heavy (non-hydrogen) atoms. The highest BCUT2D eigenvalue weighted by atomic mass is 19.4. The zero-order valence-corrected chi connectivity index (χ0v) is 17.8. The van der Waals surface area contributed by atoms with Gasteiger partial charge in [0.25, 0.3) is 5.91 Å². The van der Waals surface area contributed by atoms with E-state index in [1.54, 1.807) is 36.4 Å². The molecule has 0 bridgehead atoms. The molecule has 1 aliphatic carbocycles. The average Bonchev–Trinajstić information content (AvgIpc) is 2.83. The number of aromatic nitrogens is 1. The number of halogens is 3. The lowest BCUT2D eigenvalue weighted by Crippen LogP contribution is -2.40. The summed E-state index contributed by atoms with van der Waals surface area (Å²) in [6.45, 7) is 0.583. The lowest BCUT2D eigenvalue weighted by atomic mass is 9.77. The highest BCUT2D eigenvalue weighted by Gasteiger charge is 2.34. The lowest BCUT2D eigenvalue weighted by molar-refractivity contribution is -0.141. The molecule has 170 valence electrons. The van der Waals surface area contributed by atoms with Gasteiger partial charge in [-0.15, -0.1) is 0 Å². The number of pyridine rings is 1. The number of nitriles is 1. The molecular weight excluding hydrogens is 429 g/mol. The summed E-state index contributed by atoms with van der Waals surface area (Å²) in [7, 11) is 0. The normalized spacial score (nSPS) is 18.6. The Morgan fingerprint density at radius 3 is 2.42 bits per heavy atom. The van der Waals surface area contributed by atoms with Crippen LogP contribution in [0.2, 0.25) is 0 Å². The van der Waals surface area contributed by atoms with E-state index in [0.717, 1.165) is 31.1 Å². The zero-order chi connectivity index (χ0) is 23.4. The Balaban J connectivity index is 1.35. The number of amides is 1. The van der Waals surface area contributed by atoms with Crippen LogP contribution >= 0.6 is 0 Å². The minimum Gasteiger partial charge on any atom is -0.287 e. The van der Waals surface area contributed by atoms with Crippen LogP contribution in [0.25, 0.3) is 10.9 Å². The Kier molecular flexibility index (Phi) is 6.61. The maximum absolute atomic E-state index is 13.4. The Labute approximate surface area is 189 Å². The number of benzene rings is 2. The fourth-order valence-corrected chi connectivity index (χ4v) is 4.41. The summed E-state index contributed by atoms with van der Waals surface area (Å²) in [6.07, 6.45) is -1.22. The van der Waals surface area contributed by atoms with Crippen molar-refractivity contribution in [2.24, 2.45) is 5.92 Å². The number of hydrogen-bond donors (Lipinski definition) is 2. The monoisotopic (exact) mass is 452 g/mol. The van der Waals surface area contributed by atoms with E-state index >= 15 is 0 Å². The molecule has 3 aromatic rings. The van der Waals surface area contributed by atoms with Crippen LogP contribution in [0.1, 0.15) is 58.8 Å². The van der Waals surface area contributed by atoms with Gasteiger partial charge in [-0.2, -0.15) is 18.4 Å². The van der Waals surface area contributed by atoms with Gasteiger partial charge in [0, 0.05) is 17.5 Å². The molecule has 1 heterocycles. The van der Waals surface area contributed by atoms with Crippen LogP contribution in [0.4, 0.5) is 13.2 Å². The van der Waals surface area contributed by atoms with Gasteiger partial charge in [-0.25, -0.2) is 10.4 Å². The van der Waals surface area contributed by atoms with E-state index in [9.17, 15) is 18.0 Å². The van der Waals surface area contributed by atoms with Gasteiger partial charge in [0.1, 0.15) is 5.69 Å². The van der Waals surface area contributed by atoms with Crippen molar-refractivity contribution in [2.75, 3.05) is 6.54 Å². The molecule has 0 saturated heterocycles. The molecule has 1 aliphatic rings. The Bertz CT molecular complexity index is 1180. The van der Waals surface area contributed by atoms with E-state index in [2.05, 4.69) is 15.8 Å². The quantitative estimate of drug-likeness (QED) is 0.513. The fraction of sp³-hybridized carbons (Fsp3) is 0.320. The van der Waals surface area contributed by atoms with Crippen LogP contribution < -0.4 is 10.9 Å². The van der Waals surface area contributed by atoms with Crippen molar-refractivity contribution in [1.82, 2.24) is 15.8 Å². The molecule has 2 aromatic carbocycles. The molecule has 1 aromatic heterocycles. The first-order valence-corrected chi connectivity index (χ1v) is 10.9. The van der Waals surface area contributed by atoms with E-state index in [0.29, 0.717) is 34.7 Å². The van der Waals surface area contributed by atoms with Crippen molar-refractivity contribution in [1.29, 1.82) is 5.26 Å². The van der Waals surface area contributed by atoms with Crippen LogP contribution in [-0.2, 0) is 6.18 Å². The van der Waals surface area contributed by atoms with Gasteiger partial charge >= 0.3 is 6.18 Å². The molecular formula is C25H23F3N4O. The second kappa shape index (κ2) is 9.59. The van der Waals surface area contributed by atoms with Crippen molar-refractivity contribution in [3.63, 3.8) is 0 Å². The molecule has 1 saturated carbocycles. The summed E-state index contributed by atoms with van der Waals surface area (Å²) < 4.78 is 40.1. The molecule has 8 heteroatoms. The fourth-order valence-electron chi connectivity index (χ4n) is 4.41. The van der Waals surface area contributed by atoms with E-state index in [1.807, 2.05) is 18.2 Å². The molecule has 0 radical (unpaired) electrons. The molecule has 0 unspecified atom stereocenters. The molecule has 0 atom stereocenters. The van der Waals surface area contributed by atoms with Gasteiger partial charge in [-0.05, 0) is 79.5 Å². The van der Waals surface area contributed by atoms with Crippen LogP contribution in [0.15, 0.2) is 54.6 Å². The van der Waals surface area contributed by atoms with E-state index < -0.39 is 11.9 Å². The van der Waals surface area contributed by atoms with Crippen LogP contribution in [0.3, 0.4) is 0 Å². The van der Waals surface area contributed by atoms with Crippen molar-refractivity contribution < 1.29 is 18.0 Å². The SMILES string of the molecule is N#Cc1ccc(C(=O)NNCC2CCC(c3cc(C(F)(F)F)nc4ccccc34)CC2)cc1. The lowest BCUT2D eigenvalue weighted by Gasteiger charge is -2.30. The number of alkyl halides is 3. The van der Waals surface area contributed by atoms with Crippen LogP contribution in [0.5, 0.6) is 0 Å². The minimum atomic E-state index is -4.48. The van der Waals surface area contributed by atoms with Crippen molar-refractivity contribution in [3.05, 3.63) is 77.0 Å². The van der Waals surface area contributed by atoms with E-state index in [1.165, 1.54) is 6.07 Å². The van der Waals surface area contributed by atoms with Crippen molar-refractivity contribution in [3.8, 4) is 6.07 Å². The maximum Gasteiger partial charge on any atom is 0.433 e.